The summed E-state index contributed by atoms with van der Waals surface area (Å²) in [6.07, 6.45) is 3.94. The van der Waals surface area contributed by atoms with Crippen molar-refractivity contribution in [2.45, 2.75) is 44.8 Å². The maximum absolute atomic E-state index is 11.7. The Balaban J connectivity index is 1.40. The monoisotopic (exact) mass is 399 g/mol. The zero-order valence-electron chi connectivity index (χ0n) is 16.7. The summed E-state index contributed by atoms with van der Waals surface area (Å²) in [4.78, 5) is 18.7. The Morgan fingerprint density at radius 1 is 1.29 bits per heavy atom. The van der Waals surface area contributed by atoms with Gasteiger partial charge in [-0.25, -0.2) is 4.98 Å². The number of carbonyl (C=O) groups excluding carboxylic acids is 1. The number of piperidine rings is 1. The van der Waals surface area contributed by atoms with Gasteiger partial charge in [0.15, 0.2) is 0 Å². The molecule has 6 heteroatoms. The van der Waals surface area contributed by atoms with Crippen LogP contribution in [0.2, 0.25) is 0 Å². The number of hydrogen-bond donors (Lipinski definition) is 1. The number of amides is 1. The second-order valence-corrected chi connectivity index (χ2v) is 9.13. The number of morpholine rings is 1. The van der Waals surface area contributed by atoms with E-state index in [1.54, 1.807) is 11.3 Å². The lowest BCUT2D eigenvalue weighted by Crippen LogP contribution is -2.56. The van der Waals surface area contributed by atoms with Crippen LogP contribution in [0, 0.1) is 5.92 Å². The van der Waals surface area contributed by atoms with Gasteiger partial charge in [0.05, 0.1) is 6.54 Å². The van der Waals surface area contributed by atoms with E-state index in [9.17, 15) is 4.79 Å². The molecule has 2 saturated heterocycles. The molecule has 1 aromatic carbocycles. The van der Waals surface area contributed by atoms with Crippen LogP contribution in [-0.4, -0.2) is 42.0 Å². The van der Waals surface area contributed by atoms with Gasteiger partial charge >= 0.3 is 0 Å². The summed E-state index contributed by atoms with van der Waals surface area (Å²) in [6.45, 7) is 8.19. The van der Waals surface area contributed by atoms with Crippen LogP contribution in [0.25, 0.3) is 0 Å². The zero-order chi connectivity index (χ0) is 19.6. The zero-order valence-corrected chi connectivity index (χ0v) is 17.5. The Morgan fingerprint density at radius 2 is 2.04 bits per heavy atom. The fourth-order valence-corrected chi connectivity index (χ4v) is 5.23. The number of rotatable bonds is 5. The molecule has 0 bridgehead atoms. The first-order valence-corrected chi connectivity index (χ1v) is 11.1. The summed E-state index contributed by atoms with van der Waals surface area (Å²) in [5, 5.41) is 6.00. The van der Waals surface area contributed by atoms with Crippen molar-refractivity contribution in [2.75, 3.05) is 26.2 Å². The molecular weight excluding hydrogens is 370 g/mol. The van der Waals surface area contributed by atoms with Gasteiger partial charge in [-0.1, -0.05) is 38.1 Å². The summed E-state index contributed by atoms with van der Waals surface area (Å²) in [5.74, 6) is 0.913. The molecule has 1 N–H and O–H groups in total. The molecule has 2 aromatic rings. The second kappa shape index (κ2) is 8.31. The van der Waals surface area contributed by atoms with Crippen molar-refractivity contribution in [1.29, 1.82) is 0 Å². The number of hydrogen-bond acceptors (Lipinski definition) is 5. The average molecular weight is 400 g/mol. The van der Waals surface area contributed by atoms with Crippen molar-refractivity contribution >= 4 is 17.2 Å². The van der Waals surface area contributed by atoms with E-state index in [2.05, 4.69) is 53.3 Å². The van der Waals surface area contributed by atoms with Gasteiger partial charge in [-0.15, -0.1) is 11.3 Å². The molecule has 0 aliphatic carbocycles. The molecule has 5 nitrogen and oxygen atoms in total. The van der Waals surface area contributed by atoms with E-state index in [0.717, 1.165) is 37.5 Å². The van der Waals surface area contributed by atoms with Crippen molar-refractivity contribution in [3.63, 3.8) is 0 Å². The number of nitrogens with zero attached hydrogens (tertiary/aromatic N) is 2. The maximum atomic E-state index is 11.7. The number of carbonyl (C=O) groups is 1. The van der Waals surface area contributed by atoms with E-state index in [1.807, 2.05) is 11.6 Å². The Bertz CT molecular complexity index is 771. The molecule has 0 saturated carbocycles. The standard InChI is InChI=1S/C22H29N3O2S/c1-16(2)18-5-3-17(4-6-18)13-25-10-7-19(8-11-25)22(21-23-9-12-28-21)15-24-20(26)14-27-22/h3-6,9,12,16,19H,7-8,10-11,13-15H2,1-2H3,(H,24,26)/t22-/m0/s1. The Hall–Kier alpha value is -1.76. The largest absolute Gasteiger partial charge is 0.356 e. The summed E-state index contributed by atoms with van der Waals surface area (Å²) in [7, 11) is 0. The van der Waals surface area contributed by atoms with Crippen molar-refractivity contribution < 1.29 is 9.53 Å². The van der Waals surface area contributed by atoms with Gasteiger partial charge in [0.2, 0.25) is 5.91 Å². The van der Waals surface area contributed by atoms with Gasteiger partial charge in [-0.2, -0.15) is 0 Å². The molecule has 150 valence electrons. The van der Waals surface area contributed by atoms with E-state index < -0.39 is 5.60 Å². The Kier molecular flexibility index (Phi) is 5.80. The maximum Gasteiger partial charge on any atom is 0.246 e. The van der Waals surface area contributed by atoms with Crippen LogP contribution < -0.4 is 5.32 Å². The van der Waals surface area contributed by atoms with Gasteiger partial charge < -0.3 is 10.1 Å². The predicted molar refractivity (Wildman–Crippen MR) is 111 cm³/mol. The van der Waals surface area contributed by atoms with Crippen LogP contribution >= 0.6 is 11.3 Å². The molecule has 2 aliphatic rings. The normalized spacial score (nSPS) is 24.5. The molecule has 1 amide bonds. The fourth-order valence-electron chi connectivity index (χ4n) is 4.36. The first kappa shape index (κ1) is 19.6. The van der Waals surface area contributed by atoms with Crippen LogP contribution in [0.15, 0.2) is 35.8 Å². The average Bonchev–Trinajstić information content (AvgIpc) is 3.25. The van der Waals surface area contributed by atoms with E-state index >= 15 is 0 Å². The third-order valence-electron chi connectivity index (χ3n) is 6.10. The minimum atomic E-state index is -0.465. The number of aromatic nitrogens is 1. The molecule has 28 heavy (non-hydrogen) atoms. The number of nitrogens with one attached hydrogen (secondary N) is 1. The van der Waals surface area contributed by atoms with E-state index in [0.29, 0.717) is 18.4 Å². The fraction of sp³-hybridized carbons (Fsp3) is 0.545. The SMILES string of the molecule is CC(C)c1ccc(CN2CCC([C@]3(c4nccs4)CNC(=O)CO3)CC2)cc1. The Morgan fingerprint density at radius 3 is 2.61 bits per heavy atom. The smallest absolute Gasteiger partial charge is 0.246 e. The molecule has 0 unspecified atom stereocenters. The van der Waals surface area contributed by atoms with Crippen molar-refractivity contribution in [2.24, 2.45) is 5.92 Å². The van der Waals surface area contributed by atoms with Gasteiger partial charge in [0.1, 0.15) is 17.2 Å². The van der Waals surface area contributed by atoms with Gasteiger partial charge in [0, 0.05) is 18.1 Å². The molecule has 2 fully saturated rings. The highest BCUT2D eigenvalue weighted by Gasteiger charge is 2.47. The van der Waals surface area contributed by atoms with Crippen molar-refractivity contribution in [3.05, 3.63) is 52.0 Å². The van der Waals surface area contributed by atoms with Gasteiger partial charge in [-0.05, 0) is 48.9 Å². The first-order chi connectivity index (χ1) is 13.6. The molecule has 1 atom stereocenters. The van der Waals surface area contributed by atoms with Crippen molar-refractivity contribution in [3.8, 4) is 0 Å². The number of likely N-dealkylation sites (tertiary alicyclic amines) is 1. The molecule has 2 aliphatic heterocycles. The summed E-state index contributed by atoms with van der Waals surface area (Å²) in [5.41, 5.74) is 2.30. The molecule has 4 rings (SSSR count). The Labute approximate surface area is 171 Å². The number of benzene rings is 1. The minimum absolute atomic E-state index is 0.0329. The minimum Gasteiger partial charge on any atom is -0.356 e. The quantitative estimate of drug-likeness (QED) is 0.836. The number of ether oxygens (including phenoxy) is 1. The number of thiazole rings is 1. The lowest BCUT2D eigenvalue weighted by atomic mass is 9.79. The van der Waals surface area contributed by atoms with Crippen molar-refractivity contribution in [1.82, 2.24) is 15.2 Å². The van der Waals surface area contributed by atoms with Crippen LogP contribution in [0.3, 0.4) is 0 Å². The van der Waals surface area contributed by atoms with Crippen LogP contribution in [-0.2, 0) is 21.7 Å². The summed E-state index contributed by atoms with van der Waals surface area (Å²) < 4.78 is 6.17. The first-order valence-electron chi connectivity index (χ1n) is 10.2. The van der Waals surface area contributed by atoms with Crippen LogP contribution in [0.4, 0.5) is 0 Å². The molecular formula is C22H29N3O2S. The van der Waals surface area contributed by atoms with E-state index in [1.165, 1.54) is 11.1 Å². The molecule has 1 aromatic heterocycles. The highest BCUT2D eigenvalue weighted by molar-refractivity contribution is 7.09. The lowest BCUT2D eigenvalue weighted by Gasteiger charge is -2.45. The second-order valence-electron chi connectivity index (χ2n) is 8.24. The van der Waals surface area contributed by atoms with Gasteiger partial charge in [-0.3, -0.25) is 9.69 Å². The molecule has 3 heterocycles. The van der Waals surface area contributed by atoms with Crippen LogP contribution in [0.5, 0.6) is 0 Å². The summed E-state index contributed by atoms with van der Waals surface area (Å²) >= 11 is 1.63. The molecule has 0 spiro atoms. The highest BCUT2D eigenvalue weighted by Crippen LogP contribution is 2.41. The summed E-state index contributed by atoms with van der Waals surface area (Å²) in [6, 6.07) is 9.03. The van der Waals surface area contributed by atoms with E-state index in [4.69, 9.17) is 4.74 Å². The molecule has 0 radical (unpaired) electrons. The highest BCUT2D eigenvalue weighted by atomic mass is 32.1. The van der Waals surface area contributed by atoms with Gasteiger partial charge in [0.25, 0.3) is 0 Å². The predicted octanol–water partition coefficient (Wildman–Crippen LogP) is 3.52. The third kappa shape index (κ3) is 4.00. The topological polar surface area (TPSA) is 54.5 Å². The van der Waals surface area contributed by atoms with E-state index in [-0.39, 0.29) is 12.5 Å². The lowest BCUT2D eigenvalue weighted by molar-refractivity contribution is -0.158. The third-order valence-corrected chi connectivity index (χ3v) is 7.03. The van der Waals surface area contributed by atoms with Crippen LogP contribution in [0.1, 0.15) is 48.7 Å².